The maximum atomic E-state index is 4.29. The van der Waals surface area contributed by atoms with Crippen molar-refractivity contribution >= 4 is 6.34 Å². The van der Waals surface area contributed by atoms with E-state index in [1.807, 2.05) is 6.07 Å². The van der Waals surface area contributed by atoms with Crippen LogP contribution in [-0.2, 0) is 6.42 Å². The Hall–Kier alpha value is -1.31. The van der Waals surface area contributed by atoms with Crippen molar-refractivity contribution in [2.75, 3.05) is 6.54 Å². The van der Waals surface area contributed by atoms with Gasteiger partial charge >= 0.3 is 0 Å². The molecule has 1 N–H and O–H groups in total. The molecule has 0 aromatic heterocycles. The predicted octanol–water partition coefficient (Wildman–Crippen LogP) is 1.23. The van der Waals surface area contributed by atoms with E-state index in [0.29, 0.717) is 6.04 Å². The summed E-state index contributed by atoms with van der Waals surface area (Å²) in [6.45, 7) is 0.981. The van der Waals surface area contributed by atoms with Crippen molar-refractivity contribution in [3.63, 3.8) is 0 Å². The molecule has 1 heterocycles. The molecule has 62 valence electrons. The average molecular weight is 160 g/mol. The lowest BCUT2D eigenvalue weighted by molar-refractivity contribution is 0.693. The summed E-state index contributed by atoms with van der Waals surface area (Å²) in [7, 11) is 0. The largest absolute Gasteiger partial charge is 0.374 e. The molecule has 1 aromatic carbocycles. The highest BCUT2D eigenvalue weighted by molar-refractivity contribution is 5.57. The first kappa shape index (κ1) is 7.35. The molecule has 2 nitrogen and oxygen atoms in total. The van der Waals surface area contributed by atoms with Gasteiger partial charge in [-0.2, -0.15) is 0 Å². The van der Waals surface area contributed by atoms with Crippen LogP contribution in [0.15, 0.2) is 35.3 Å². The molecule has 1 atom stereocenters. The zero-order chi connectivity index (χ0) is 8.23. The molecule has 0 unspecified atom stereocenters. The number of benzene rings is 1. The van der Waals surface area contributed by atoms with Gasteiger partial charge in [0, 0.05) is 6.54 Å². The molecular formula is C10H12N2. The Morgan fingerprint density at radius 1 is 1.33 bits per heavy atom. The van der Waals surface area contributed by atoms with E-state index in [2.05, 4.69) is 34.6 Å². The second-order valence-electron chi connectivity index (χ2n) is 3.03. The minimum absolute atomic E-state index is 0.437. The van der Waals surface area contributed by atoms with Crippen LogP contribution in [0.3, 0.4) is 0 Å². The van der Waals surface area contributed by atoms with Crippen LogP contribution in [-0.4, -0.2) is 18.9 Å². The lowest BCUT2D eigenvalue weighted by Gasteiger charge is -2.04. The molecule has 0 amide bonds. The molecule has 1 aliphatic rings. The summed E-state index contributed by atoms with van der Waals surface area (Å²) >= 11 is 0. The first-order valence-electron chi connectivity index (χ1n) is 4.24. The van der Waals surface area contributed by atoms with Crippen molar-refractivity contribution in [3.8, 4) is 0 Å². The maximum absolute atomic E-state index is 4.29. The van der Waals surface area contributed by atoms with E-state index in [1.54, 1.807) is 6.34 Å². The maximum Gasteiger partial charge on any atom is 0.0828 e. The van der Waals surface area contributed by atoms with E-state index in [0.717, 1.165) is 13.0 Å². The highest BCUT2D eigenvalue weighted by atomic mass is 15.0. The minimum Gasteiger partial charge on any atom is -0.374 e. The Bertz CT molecular complexity index is 266. The second kappa shape index (κ2) is 3.39. The van der Waals surface area contributed by atoms with Crippen molar-refractivity contribution in [1.29, 1.82) is 0 Å². The number of rotatable bonds is 2. The molecule has 2 rings (SSSR count). The number of hydrogen-bond donors (Lipinski definition) is 1. The summed E-state index contributed by atoms with van der Waals surface area (Å²) in [6.07, 6.45) is 2.85. The van der Waals surface area contributed by atoms with Crippen LogP contribution in [0.4, 0.5) is 0 Å². The van der Waals surface area contributed by atoms with Crippen molar-refractivity contribution in [3.05, 3.63) is 35.9 Å². The van der Waals surface area contributed by atoms with Gasteiger partial charge in [-0.25, -0.2) is 0 Å². The fraction of sp³-hybridized carbons (Fsp3) is 0.300. The molecule has 0 radical (unpaired) electrons. The van der Waals surface area contributed by atoms with Crippen molar-refractivity contribution in [2.45, 2.75) is 12.5 Å². The second-order valence-corrected chi connectivity index (χ2v) is 3.03. The third kappa shape index (κ3) is 1.64. The van der Waals surface area contributed by atoms with E-state index in [1.165, 1.54) is 5.56 Å². The summed E-state index contributed by atoms with van der Waals surface area (Å²) in [5, 5.41) is 3.10. The van der Waals surface area contributed by atoms with Gasteiger partial charge in [0.25, 0.3) is 0 Å². The zero-order valence-electron chi connectivity index (χ0n) is 6.90. The van der Waals surface area contributed by atoms with Crippen LogP contribution in [0.5, 0.6) is 0 Å². The predicted molar refractivity (Wildman–Crippen MR) is 50.4 cm³/mol. The summed E-state index contributed by atoms with van der Waals surface area (Å²) in [5.41, 5.74) is 1.36. The molecule has 2 heteroatoms. The van der Waals surface area contributed by atoms with E-state index in [4.69, 9.17) is 0 Å². The van der Waals surface area contributed by atoms with Gasteiger partial charge in [-0.3, -0.25) is 4.99 Å². The summed E-state index contributed by atoms with van der Waals surface area (Å²) < 4.78 is 0. The number of hydrogen-bond acceptors (Lipinski definition) is 2. The third-order valence-electron chi connectivity index (χ3n) is 2.04. The molecule has 0 aliphatic carbocycles. The quantitative estimate of drug-likeness (QED) is 0.691. The van der Waals surface area contributed by atoms with Crippen LogP contribution in [0, 0.1) is 0 Å². The van der Waals surface area contributed by atoms with Crippen LogP contribution in [0.25, 0.3) is 0 Å². The van der Waals surface area contributed by atoms with E-state index in [-0.39, 0.29) is 0 Å². The molecule has 0 fully saturated rings. The summed E-state index contributed by atoms with van der Waals surface area (Å²) in [4.78, 5) is 4.29. The molecule has 0 saturated heterocycles. The third-order valence-corrected chi connectivity index (χ3v) is 2.04. The van der Waals surface area contributed by atoms with Crippen molar-refractivity contribution in [2.24, 2.45) is 4.99 Å². The summed E-state index contributed by atoms with van der Waals surface area (Å²) in [5.74, 6) is 0. The van der Waals surface area contributed by atoms with Crippen LogP contribution in [0.1, 0.15) is 5.56 Å². The fourth-order valence-corrected chi connectivity index (χ4v) is 1.41. The SMILES string of the molecule is C1=N[C@@H](Cc2ccccc2)CN1. The van der Waals surface area contributed by atoms with Gasteiger partial charge in [0.2, 0.25) is 0 Å². The Kier molecular flexibility index (Phi) is 2.08. The van der Waals surface area contributed by atoms with Gasteiger partial charge < -0.3 is 5.32 Å². The Balaban J connectivity index is 1.99. The molecule has 0 bridgehead atoms. The van der Waals surface area contributed by atoms with Crippen molar-refractivity contribution < 1.29 is 0 Å². The highest BCUT2D eigenvalue weighted by Gasteiger charge is 2.09. The lowest BCUT2D eigenvalue weighted by atomic mass is 10.1. The van der Waals surface area contributed by atoms with Gasteiger partial charge in [-0.05, 0) is 12.0 Å². The number of aliphatic imine (C=N–C) groups is 1. The topological polar surface area (TPSA) is 24.4 Å². The Labute approximate surface area is 72.3 Å². The molecule has 0 saturated carbocycles. The van der Waals surface area contributed by atoms with Crippen LogP contribution >= 0.6 is 0 Å². The Morgan fingerprint density at radius 3 is 2.83 bits per heavy atom. The number of nitrogens with one attached hydrogen (secondary N) is 1. The molecule has 12 heavy (non-hydrogen) atoms. The average Bonchev–Trinajstić information content (AvgIpc) is 2.59. The van der Waals surface area contributed by atoms with Gasteiger partial charge in [-0.15, -0.1) is 0 Å². The van der Waals surface area contributed by atoms with Gasteiger partial charge in [0.1, 0.15) is 0 Å². The fourth-order valence-electron chi connectivity index (χ4n) is 1.41. The van der Waals surface area contributed by atoms with Gasteiger partial charge in [0.15, 0.2) is 0 Å². The monoisotopic (exact) mass is 160 g/mol. The van der Waals surface area contributed by atoms with E-state index in [9.17, 15) is 0 Å². The molecular weight excluding hydrogens is 148 g/mol. The first-order chi connectivity index (χ1) is 5.95. The van der Waals surface area contributed by atoms with E-state index >= 15 is 0 Å². The lowest BCUT2D eigenvalue weighted by Crippen LogP contribution is -2.17. The van der Waals surface area contributed by atoms with Crippen LogP contribution in [0.2, 0.25) is 0 Å². The molecule has 0 spiro atoms. The zero-order valence-corrected chi connectivity index (χ0v) is 6.90. The minimum atomic E-state index is 0.437. The molecule has 1 aromatic rings. The smallest absolute Gasteiger partial charge is 0.0828 e. The van der Waals surface area contributed by atoms with E-state index < -0.39 is 0 Å². The normalized spacial score (nSPS) is 20.8. The highest BCUT2D eigenvalue weighted by Crippen LogP contribution is 2.06. The first-order valence-corrected chi connectivity index (χ1v) is 4.24. The molecule has 1 aliphatic heterocycles. The van der Waals surface area contributed by atoms with Crippen molar-refractivity contribution in [1.82, 2.24) is 5.32 Å². The number of nitrogens with zero attached hydrogens (tertiary/aromatic N) is 1. The summed E-state index contributed by atoms with van der Waals surface area (Å²) in [6, 6.07) is 10.9. The Morgan fingerprint density at radius 2 is 2.17 bits per heavy atom. The standard InChI is InChI=1S/C10H12N2/c1-2-4-9(5-3-1)6-10-7-11-8-12-10/h1-5,8,10H,6-7H2,(H,11,12)/t10-/m0/s1. The van der Waals surface area contributed by atoms with Gasteiger partial charge in [-0.1, -0.05) is 30.3 Å². The van der Waals surface area contributed by atoms with Crippen LogP contribution < -0.4 is 5.32 Å². The van der Waals surface area contributed by atoms with Gasteiger partial charge in [0.05, 0.1) is 12.4 Å².